The zero-order valence-corrected chi connectivity index (χ0v) is 17.3. The van der Waals surface area contributed by atoms with Crippen LogP contribution >= 0.6 is 0 Å². The van der Waals surface area contributed by atoms with Crippen molar-refractivity contribution >= 4 is 12.0 Å². The van der Waals surface area contributed by atoms with E-state index in [9.17, 15) is 18.4 Å². The largest absolute Gasteiger partial charge is 0.444 e. The van der Waals surface area contributed by atoms with Gasteiger partial charge in [-0.2, -0.15) is 0 Å². The van der Waals surface area contributed by atoms with Gasteiger partial charge >= 0.3 is 6.09 Å². The van der Waals surface area contributed by atoms with Gasteiger partial charge in [-0.1, -0.05) is 6.07 Å². The fourth-order valence-corrected chi connectivity index (χ4v) is 3.33. The number of benzene rings is 1. The highest BCUT2D eigenvalue weighted by Crippen LogP contribution is 2.16. The van der Waals surface area contributed by atoms with Gasteiger partial charge in [0.15, 0.2) is 11.6 Å². The third-order valence-electron chi connectivity index (χ3n) is 4.71. The molecule has 3 rings (SSSR count). The second kappa shape index (κ2) is 8.81. The molecule has 9 heteroatoms. The third-order valence-corrected chi connectivity index (χ3v) is 4.71. The molecule has 1 aliphatic heterocycles. The lowest BCUT2D eigenvalue weighted by molar-refractivity contribution is -0.133. The van der Waals surface area contributed by atoms with Crippen molar-refractivity contribution in [1.82, 2.24) is 19.8 Å². The molecular weight excluding hydrogens is 394 g/mol. The summed E-state index contributed by atoms with van der Waals surface area (Å²) in [6.07, 6.45) is 3.05. The highest BCUT2D eigenvalue weighted by atomic mass is 19.2. The monoisotopic (exact) mass is 420 g/mol. The maximum atomic E-state index is 13.6. The molecule has 1 N–H and O–H groups in total. The molecule has 0 saturated heterocycles. The molecule has 2 amide bonds. The quantitative estimate of drug-likeness (QED) is 0.807. The van der Waals surface area contributed by atoms with Crippen molar-refractivity contribution in [3.05, 3.63) is 53.6 Å². The highest BCUT2D eigenvalue weighted by Gasteiger charge is 2.26. The minimum Gasteiger partial charge on any atom is -0.444 e. The average molecular weight is 420 g/mol. The number of hydrogen-bond acceptors (Lipinski definition) is 4. The van der Waals surface area contributed by atoms with Crippen LogP contribution in [-0.2, 0) is 29.0 Å². The van der Waals surface area contributed by atoms with Gasteiger partial charge in [0.2, 0.25) is 5.91 Å². The van der Waals surface area contributed by atoms with Crippen LogP contribution in [0.15, 0.2) is 30.6 Å². The highest BCUT2D eigenvalue weighted by molar-refractivity contribution is 5.78. The summed E-state index contributed by atoms with van der Waals surface area (Å²) >= 11 is 0. The molecule has 0 unspecified atom stereocenters. The van der Waals surface area contributed by atoms with Crippen molar-refractivity contribution in [3.63, 3.8) is 0 Å². The Morgan fingerprint density at radius 3 is 2.70 bits per heavy atom. The number of amides is 2. The van der Waals surface area contributed by atoms with Gasteiger partial charge in [0.25, 0.3) is 0 Å². The normalized spacial score (nSPS) is 14.8. The molecule has 0 aliphatic carbocycles. The molecule has 162 valence electrons. The van der Waals surface area contributed by atoms with Gasteiger partial charge in [-0.3, -0.25) is 4.79 Å². The maximum absolute atomic E-state index is 13.6. The number of imidazole rings is 1. The lowest BCUT2D eigenvalue weighted by Crippen LogP contribution is -2.45. The number of nitrogens with zero attached hydrogens (tertiary/aromatic N) is 3. The van der Waals surface area contributed by atoms with Gasteiger partial charge < -0.3 is 19.5 Å². The molecule has 0 saturated carbocycles. The number of nitrogens with one attached hydrogen (secondary N) is 1. The predicted molar refractivity (Wildman–Crippen MR) is 105 cm³/mol. The first-order valence-electron chi connectivity index (χ1n) is 9.82. The van der Waals surface area contributed by atoms with E-state index in [4.69, 9.17) is 4.74 Å². The smallest absolute Gasteiger partial charge is 0.407 e. The number of aromatic nitrogens is 2. The van der Waals surface area contributed by atoms with Gasteiger partial charge in [0.05, 0.1) is 6.54 Å². The van der Waals surface area contributed by atoms with Gasteiger partial charge in [0.1, 0.15) is 11.4 Å². The Kier molecular flexibility index (Phi) is 6.38. The van der Waals surface area contributed by atoms with Crippen LogP contribution in [-0.4, -0.2) is 44.6 Å². The maximum Gasteiger partial charge on any atom is 0.407 e. The number of ether oxygens (including phenoxy) is 1. The minimum absolute atomic E-state index is 0.00104. The van der Waals surface area contributed by atoms with E-state index < -0.39 is 29.4 Å². The first-order chi connectivity index (χ1) is 14.1. The van der Waals surface area contributed by atoms with Crippen molar-refractivity contribution in [3.8, 4) is 0 Å². The summed E-state index contributed by atoms with van der Waals surface area (Å²) in [6, 6.07) is 2.89. The number of carbonyl (C=O) groups is 2. The van der Waals surface area contributed by atoms with Crippen LogP contribution in [0.3, 0.4) is 0 Å². The van der Waals surface area contributed by atoms with Gasteiger partial charge in [-0.25, -0.2) is 18.6 Å². The first-order valence-corrected chi connectivity index (χ1v) is 9.82. The molecule has 0 spiro atoms. The van der Waals surface area contributed by atoms with Crippen LogP contribution in [0.5, 0.6) is 0 Å². The standard InChI is InChI=1S/C21H26F2N4O3/c1-21(2,3)30-20(29)25-15(10-14-4-5-16(22)17(23)11-14)12-19(28)27-9-8-26-7-6-24-18(26)13-27/h4-7,11,15H,8-10,12-13H2,1-3H3,(H,25,29)/t15-/m1/s1. The van der Waals surface area contributed by atoms with Crippen LogP contribution < -0.4 is 5.32 Å². The second-order valence-electron chi connectivity index (χ2n) is 8.35. The van der Waals surface area contributed by atoms with Gasteiger partial charge in [-0.05, 0) is 44.9 Å². The van der Waals surface area contributed by atoms with Gasteiger partial charge in [-0.15, -0.1) is 0 Å². The number of fused-ring (bicyclic) bond motifs is 1. The van der Waals surface area contributed by atoms with E-state index >= 15 is 0 Å². The summed E-state index contributed by atoms with van der Waals surface area (Å²) in [4.78, 5) is 31.1. The third kappa shape index (κ3) is 5.77. The van der Waals surface area contributed by atoms with Crippen LogP contribution in [0.4, 0.5) is 13.6 Å². The van der Waals surface area contributed by atoms with Crippen molar-refractivity contribution in [2.24, 2.45) is 0 Å². The van der Waals surface area contributed by atoms with Crippen LogP contribution in [0, 0.1) is 11.6 Å². The van der Waals surface area contributed by atoms with Crippen molar-refractivity contribution in [2.75, 3.05) is 6.54 Å². The molecule has 1 aromatic heterocycles. The SMILES string of the molecule is CC(C)(C)OC(=O)N[C@@H](CC(=O)N1CCn2ccnc2C1)Cc1ccc(F)c(F)c1. The van der Waals surface area contributed by atoms with E-state index in [1.54, 1.807) is 31.9 Å². The Balaban J connectivity index is 1.70. The minimum atomic E-state index is -0.974. The summed E-state index contributed by atoms with van der Waals surface area (Å²) in [5.74, 6) is -1.28. The molecule has 2 aromatic rings. The zero-order chi connectivity index (χ0) is 21.9. The number of hydrogen-bond donors (Lipinski definition) is 1. The molecule has 1 atom stereocenters. The fraction of sp³-hybridized carbons (Fsp3) is 0.476. The van der Waals surface area contributed by atoms with Crippen LogP contribution in [0.25, 0.3) is 0 Å². The van der Waals surface area contributed by atoms with Crippen LogP contribution in [0.2, 0.25) is 0 Å². The van der Waals surface area contributed by atoms with Crippen molar-refractivity contribution in [2.45, 2.75) is 58.3 Å². The Bertz CT molecular complexity index is 923. The number of halogens is 2. The topological polar surface area (TPSA) is 76.5 Å². The van der Waals surface area contributed by atoms with E-state index in [0.29, 0.717) is 25.2 Å². The summed E-state index contributed by atoms with van der Waals surface area (Å²) in [5, 5.41) is 2.69. The summed E-state index contributed by atoms with van der Waals surface area (Å²) in [7, 11) is 0. The molecular formula is C21H26F2N4O3. The number of carbonyl (C=O) groups excluding carboxylic acids is 2. The van der Waals surface area contributed by atoms with Crippen molar-refractivity contribution < 1.29 is 23.1 Å². The summed E-state index contributed by atoms with van der Waals surface area (Å²) in [6.45, 7) is 6.77. The van der Waals surface area contributed by atoms with Crippen LogP contribution in [0.1, 0.15) is 38.6 Å². The Morgan fingerprint density at radius 1 is 1.23 bits per heavy atom. The van der Waals surface area contributed by atoms with E-state index in [1.165, 1.54) is 6.07 Å². The summed E-state index contributed by atoms with van der Waals surface area (Å²) in [5.41, 5.74) is -0.234. The number of alkyl carbamates (subject to hydrolysis) is 1. The van der Waals surface area contributed by atoms with E-state index in [-0.39, 0.29) is 18.7 Å². The predicted octanol–water partition coefficient (Wildman–Crippen LogP) is 3.03. The van der Waals surface area contributed by atoms with Crippen molar-refractivity contribution in [1.29, 1.82) is 0 Å². The van der Waals surface area contributed by atoms with E-state index in [2.05, 4.69) is 10.3 Å². The molecule has 0 fully saturated rings. The fourth-order valence-electron chi connectivity index (χ4n) is 3.33. The summed E-state index contributed by atoms with van der Waals surface area (Å²) < 4.78 is 34.1. The van der Waals surface area contributed by atoms with E-state index in [1.807, 2.05) is 10.8 Å². The number of rotatable bonds is 5. The lowest BCUT2D eigenvalue weighted by Gasteiger charge is -2.30. The zero-order valence-electron chi connectivity index (χ0n) is 17.3. The molecule has 7 nitrogen and oxygen atoms in total. The molecule has 30 heavy (non-hydrogen) atoms. The molecule has 2 heterocycles. The Hall–Kier alpha value is -2.97. The Morgan fingerprint density at radius 2 is 2.00 bits per heavy atom. The lowest BCUT2D eigenvalue weighted by atomic mass is 10.0. The average Bonchev–Trinajstić information content (AvgIpc) is 3.10. The molecule has 0 bridgehead atoms. The molecule has 1 aliphatic rings. The second-order valence-corrected chi connectivity index (χ2v) is 8.35. The molecule has 0 radical (unpaired) electrons. The Labute approximate surface area is 174 Å². The first kappa shape index (κ1) is 21.7. The molecule has 1 aromatic carbocycles. The van der Waals surface area contributed by atoms with E-state index in [0.717, 1.165) is 18.0 Å². The van der Waals surface area contributed by atoms with Gasteiger partial charge in [0, 0.05) is 37.9 Å².